The Morgan fingerprint density at radius 1 is 0.760 bits per heavy atom. The molecule has 1 rings (SSSR count). The topological polar surface area (TPSA) is 30.2 Å². The third-order valence-electron chi connectivity index (χ3n) is 4.38. The van der Waals surface area contributed by atoms with Crippen LogP contribution in [0.3, 0.4) is 0 Å². The van der Waals surface area contributed by atoms with E-state index in [2.05, 4.69) is 35.2 Å². The number of hydrogen-bond donors (Lipinski definition) is 0. The fourth-order valence-corrected chi connectivity index (χ4v) is 2.97. The Morgan fingerprint density at radius 2 is 1.24 bits per heavy atom. The van der Waals surface area contributed by atoms with Crippen molar-refractivity contribution in [2.24, 2.45) is 0 Å². The van der Waals surface area contributed by atoms with Crippen molar-refractivity contribution in [2.45, 2.75) is 90.5 Å². The fourth-order valence-electron chi connectivity index (χ4n) is 2.97. The average Bonchev–Trinajstić information content (AvgIpc) is 2.60. The predicted octanol–water partition coefficient (Wildman–Crippen LogP) is 2.22. The maximum atomic E-state index is 11.2. The molecule has 3 nitrogen and oxygen atoms in total. The van der Waals surface area contributed by atoms with Gasteiger partial charge in [0.05, 0.1) is 6.61 Å². The fraction of sp³-hybridized carbons (Fsp3) is 0.714. The van der Waals surface area contributed by atoms with E-state index in [0.717, 1.165) is 19.4 Å². The van der Waals surface area contributed by atoms with E-state index in [1.54, 1.807) is 0 Å². The van der Waals surface area contributed by atoms with Crippen LogP contribution in [-0.2, 0) is 16.1 Å². The second kappa shape index (κ2) is 17.9. The molecule has 0 radical (unpaired) electrons. The van der Waals surface area contributed by atoms with Gasteiger partial charge in [0.25, 0.3) is 0 Å². The number of esters is 1. The molecule has 0 saturated heterocycles. The Kier molecular flexibility index (Phi) is 17.3. The molecule has 1 aromatic heterocycles. The van der Waals surface area contributed by atoms with Crippen molar-refractivity contribution >= 4 is 5.97 Å². The van der Waals surface area contributed by atoms with Crippen LogP contribution in [0, 0.1) is 0 Å². The van der Waals surface area contributed by atoms with Crippen molar-refractivity contribution in [3.8, 4) is 0 Å². The van der Waals surface area contributed by atoms with Crippen molar-refractivity contribution in [1.29, 1.82) is 0 Å². The summed E-state index contributed by atoms with van der Waals surface area (Å²) in [7, 11) is 0. The van der Waals surface area contributed by atoms with Crippen molar-refractivity contribution < 1.29 is 31.1 Å². The third-order valence-corrected chi connectivity index (χ3v) is 4.38. The molecule has 0 bridgehead atoms. The number of pyridine rings is 1. The van der Waals surface area contributed by atoms with Crippen molar-refractivity contribution in [3.05, 3.63) is 30.6 Å². The highest BCUT2D eigenvalue weighted by molar-refractivity contribution is 5.69. The number of aryl methyl sites for hydroxylation is 1. The van der Waals surface area contributed by atoms with Gasteiger partial charge in [-0.05, 0) is 19.8 Å². The van der Waals surface area contributed by atoms with Crippen LogP contribution in [0.2, 0.25) is 0 Å². The van der Waals surface area contributed by atoms with Crippen LogP contribution in [-0.4, -0.2) is 12.6 Å². The summed E-state index contributed by atoms with van der Waals surface area (Å²) in [6, 6.07) is 6.25. The van der Waals surface area contributed by atoms with Gasteiger partial charge >= 0.3 is 5.97 Å². The molecule has 25 heavy (non-hydrogen) atoms. The molecule has 1 heterocycles. The van der Waals surface area contributed by atoms with Gasteiger partial charge in [-0.15, -0.1) is 0 Å². The van der Waals surface area contributed by atoms with E-state index in [4.69, 9.17) is 4.74 Å². The van der Waals surface area contributed by atoms with Gasteiger partial charge < -0.3 is 21.7 Å². The van der Waals surface area contributed by atoms with Crippen LogP contribution < -0.4 is 21.5 Å². The molecule has 0 aliphatic heterocycles. The first-order valence-electron chi connectivity index (χ1n) is 9.92. The van der Waals surface area contributed by atoms with E-state index >= 15 is 0 Å². The molecular weight excluding hydrogens is 378 g/mol. The summed E-state index contributed by atoms with van der Waals surface area (Å²) in [4.78, 5) is 11.2. The molecule has 0 saturated carbocycles. The summed E-state index contributed by atoms with van der Waals surface area (Å²) in [6.45, 7) is 3.51. The SMILES string of the molecule is CCOC(=O)CCCCCCCCCCCCC[n+]1ccccc1.[Br-]. The zero-order valence-electron chi connectivity index (χ0n) is 15.9. The van der Waals surface area contributed by atoms with Crippen molar-refractivity contribution in [2.75, 3.05) is 6.61 Å². The minimum absolute atomic E-state index is 0. The Labute approximate surface area is 164 Å². The standard InChI is InChI=1S/C21H36NO2.BrH/c1-2-24-21(23)17-13-10-8-6-4-3-5-7-9-11-14-18-22-19-15-12-16-20-22;/h12,15-16,19-20H,2-11,13-14,17-18H2,1H3;1H/q+1;/p-1. The van der Waals surface area contributed by atoms with Gasteiger partial charge in [-0.2, -0.15) is 0 Å². The Bertz CT molecular complexity index is 412. The van der Waals surface area contributed by atoms with Crippen LogP contribution in [0.4, 0.5) is 0 Å². The minimum Gasteiger partial charge on any atom is -1.00 e. The molecule has 0 spiro atoms. The maximum absolute atomic E-state index is 11.2. The molecule has 4 heteroatoms. The van der Waals surface area contributed by atoms with E-state index < -0.39 is 0 Å². The lowest BCUT2D eigenvalue weighted by Gasteiger charge is -2.03. The number of hydrogen-bond acceptors (Lipinski definition) is 2. The highest BCUT2D eigenvalue weighted by Gasteiger charge is 2.01. The van der Waals surface area contributed by atoms with Gasteiger partial charge in [-0.25, -0.2) is 4.57 Å². The number of nitrogens with zero attached hydrogens (tertiary/aromatic N) is 1. The van der Waals surface area contributed by atoms with E-state index in [1.807, 2.05) is 6.92 Å². The van der Waals surface area contributed by atoms with Crippen molar-refractivity contribution in [1.82, 2.24) is 0 Å². The first-order valence-corrected chi connectivity index (χ1v) is 9.92. The summed E-state index contributed by atoms with van der Waals surface area (Å²) >= 11 is 0. The van der Waals surface area contributed by atoms with Gasteiger partial charge in [0.1, 0.15) is 6.54 Å². The Morgan fingerprint density at radius 3 is 1.76 bits per heavy atom. The van der Waals surface area contributed by atoms with Crippen molar-refractivity contribution in [3.63, 3.8) is 0 Å². The zero-order chi connectivity index (χ0) is 17.3. The number of rotatable bonds is 15. The molecule has 0 aromatic carbocycles. The van der Waals surface area contributed by atoms with Crippen LogP contribution in [0.5, 0.6) is 0 Å². The molecule has 1 aromatic rings. The molecule has 0 N–H and O–H groups in total. The summed E-state index contributed by atoms with van der Waals surface area (Å²) in [5.41, 5.74) is 0. The van der Waals surface area contributed by atoms with E-state index in [9.17, 15) is 4.79 Å². The minimum atomic E-state index is -0.0387. The van der Waals surface area contributed by atoms with Gasteiger partial charge in [-0.3, -0.25) is 4.79 Å². The summed E-state index contributed by atoms with van der Waals surface area (Å²) in [5, 5.41) is 0. The summed E-state index contributed by atoms with van der Waals surface area (Å²) < 4.78 is 7.19. The zero-order valence-corrected chi connectivity index (χ0v) is 17.5. The number of unbranched alkanes of at least 4 members (excludes halogenated alkanes) is 10. The molecule has 0 aliphatic carbocycles. The lowest BCUT2D eigenvalue weighted by molar-refractivity contribution is -0.697. The van der Waals surface area contributed by atoms with Gasteiger partial charge in [0, 0.05) is 25.0 Å². The lowest BCUT2D eigenvalue weighted by Crippen LogP contribution is -3.00. The monoisotopic (exact) mass is 413 g/mol. The number of carbonyl (C=O) groups is 1. The van der Waals surface area contributed by atoms with Gasteiger partial charge in [0.15, 0.2) is 12.4 Å². The largest absolute Gasteiger partial charge is 1.00 e. The smallest absolute Gasteiger partial charge is 0.305 e. The molecule has 0 atom stereocenters. The molecule has 0 amide bonds. The quantitative estimate of drug-likeness (QED) is 0.250. The first-order chi connectivity index (χ1) is 11.8. The highest BCUT2D eigenvalue weighted by atomic mass is 79.9. The van der Waals surface area contributed by atoms with Gasteiger partial charge in [0.2, 0.25) is 0 Å². The molecule has 0 unspecified atom stereocenters. The number of aromatic nitrogens is 1. The number of carbonyl (C=O) groups excluding carboxylic acids is 1. The molecule has 0 fully saturated rings. The Balaban J connectivity index is 0.00000576. The van der Waals surface area contributed by atoms with Crippen LogP contribution in [0.1, 0.15) is 84.0 Å². The second-order valence-electron chi connectivity index (χ2n) is 6.56. The number of ether oxygens (including phenoxy) is 1. The second-order valence-corrected chi connectivity index (χ2v) is 6.56. The van der Waals surface area contributed by atoms with Crippen LogP contribution in [0.15, 0.2) is 30.6 Å². The van der Waals surface area contributed by atoms with Crippen LogP contribution in [0.25, 0.3) is 0 Å². The van der Waals surface area contributed by atoms with E-state index in [0.29, 0.717) is 13.0 Å². The summed E-state index contributed by atoms with van der Waals surface area (Å²) in [6.07, 6.45) is 19.1. The van der Waals surface area contributed by atoms with E-state index in [1.165, 1.54) is 57.8 Å². The normalized spacial score (nSPS) is 10.3. The third kappa shape index (κ3) is 15.1. The molecule has 144 valence electrons. The highest BCUT2D eigenvalue weighted by Crippen LogP contribution is 2.12. The maximum Gasteiger partial charge on any atom is 0.305 e. The van der Waals surface area contributed by atoms with Crippen LogP contribution >= 0.6 is 0 Å². The van der Waals surface area contributed by atoms with Gasteiger partial charge in [-0.1, -0.05) is 57.4 Å². The molecular formula is C21H36BrNO2. The first kappa shape index (κ1) is 24.1. The van der Waals surface area contributed by atoms with E-state index in [-0.39, 0.29) is 23.0 Å². The molecule has 0 aliphatic rings. The summed E-state index contributed by atoms with van der Waals surface area (Å²) in [5.74, 6) is -0.0387. The Hall–Kier alpha value is -0.900. The lowest BCUT2D eigenvalue weighted by atomic mass is 10.1. The number of halogens is 1. The predicted molar refractivity (Wildman–Crippen MR) is 98.7 cm³/mol. The average molecular weight is 414 g/mol.